The number of carbonyl (C=O) groups is 1. The van der Waals surface area contributed by atoms with Crippen LogP contribution in [0.15, 0.2) is 58.9 Å². The monoisotopic (exact) mass is 432 g/mol. The minimum Gasteiger partial charge on any atom is -0.493 e. The van der Waals surface area contributed by atoms with Gasteiger partial charge in [-0.05, 0) is 49.8 Å². The number of nitrogens with one attached hydrogen (secondary N) is 1. The minimum absolute atomic E-state index is 0.118. The SMILES string of the molecule is CCOc1cc(/C=C(\C#N)C(=O)Nc2c(C)n(C)n(-c3ccccc3)c2=O)ccc1OC. The van der Waals surface area contributed by atoms with Gasteiger partial charge in [0.15, 0.2) is 11.5 Å². The predicted octanol–water partition coefficient (Wildman–Crippen LogP) is 3.44. The minimum atomic E-state index is -0.674. The molecule has 1 aromatic heterocycles. The number of rotatable bonds is 7. The van der Waals surface area contributed by atoms with Crippen LogP contribution in [0.2, 0.25) is 0 Å². The Labute approximate surface area is 185 Å². The molecule has 8 heteroatoms. The van der Waals surface area contributed by atoms with Crippen LogP contribution in [-0.2, 0) is 11.8 Å². The van der Waals surface area contributed by atoms with Gasteiger partial charge in [0.05, 0.1) is 25.1 Å². The van der Waals surface area contributed by atoms with Crippen molar-refractivity contribution in [3.8, 4) is 23.3 Å². The van der Waals surface area contributed by atoms with Crippen molar-refractivity contribution in [2.45, 2.75) is 13.8 Å². The van der Waals surface area contributed by atoms with Gasteiger partial charge in [0, 0.05) is 7.05 Å². The predicted molar refractivity (Wildman–Crippen MR) is 122 cm³/mol. The van der Waals surface area contributed by atoms with Gasteiger partial charge in [0.25, 0.3) is 11.5 Å². The summed E-state index contributed by atoms with van der Waals surface area (Å²) in [6.07, 6.45) is 1.44. The highest BCUT2D eigenvalue weighted by molar-refractivity contribution is 6.09. The fourth-order valence-electron chi connectivity index (χ4n) is 3.26. The average molecular weight is 432 g/mol. The number of nitrogens with zero attached hydrogens (tertiary/aromatic N) is 3. The van der Waals surface area contributed by atoms with Crippen LogP contribution in [0.5, 0.6) is 11.5 Å². The average Bonchev–Trinajstić information content (AvgIpc) is 3.01. The van der Waals surface area contributed by atoms with Crippen LogP contribution in [0.4, 0.5) is 5.69 Å². The maximum Gasteiger partial charge on any atom is 0.295 e. The number of anilines is 1. The third kappa shape index (κ3) is 4.42. The summed E-state index contributed by atoms with van der Waals surface area (Å²) in [6, 6.07) is 16.1. The Morgan fingerprint density at radius 1 is 1.19 bits per heavy atom. The quantitative estimate of drug-likeness (QED) is 0.456. The molecule has 1 heterocycles. The molecule has 0 aliphatic rings. The summed E-state index contributed by atoms with van der Waals surface area (Å²) in [5, 5.41) is 12.2. The first-order valence-electron chi connectivity index (χ1n) is 9.99. The molecule has 0 saturated carbocycles. The molecule has 0 bridgehead atoms. The molecule has 3 aromatic rings. The number of nitriles is 1. The van der Waals surface area contributed by atoms with Crippen molar-refractivity contribution in [3.63, 3.8) is 0 Å². The van der Waals surface area contributed by atoms with E-state index in [0.29, 0.717) is 35.1 Å². The van der Waals surface area contributed by atoms with Crippen LogP contribution in [0.25, 0.3) is 11.8 Å². The van der Waals surface area contributed by atoms with Crippen molar-refractivity contribution in [3.05, 3.63) is 75.7 Å². The molecule has 8 nitrogen and oxygen atoms in total. The molecule has 164 valence electrons. The van der Waals surface area contributed by atoms with Crippen LogP contribution in [0.3, 0.4) is 0 Å². The molecule has 1 N–H and O–H groups in total. The third-order valence-electron chi connectivity index (χ3n) is 4.96. The molecule has 2 aromatic carbocycles. The van der Waals surface area contributed by atoms with Gasteiger partial charge in [0.1, 0.15) is 17.3 Å². The molecule has 0 aliphatic heterocycles. The summed E-state index contributed by atoms with van der Waals surface area (Å²) in [4.78, 5) is 25.8. The zero-order valence-electron chi connectivity index (χ0n) is 18.4. The second kappa shape index (κ2) is 9.71. The van der Waals surface area contributed by atoms with Gasteiger partial charge >= 0.3 is 0 Å². The normalized spacial score (nSPS) is 11.0. The number of ether oxygens (including phenoxy) is 2. The van der Waals surface area contributed by atoms with Crippen molar-refractivity contribution in [2.24, 2.45) is 7.05 Å². The lowest BCUT2D eigenvalue weighted by atomic mass is 10.1. The molecule has 0 saturated heterocycles. The zero-order chi connectivity index (χ0) is 23.3. The van der Waals surface area contributed by atoms with E-state index in [2.05, 4.69) is 5.32 Å². The number of para-hydroxylation sites is 1. The van der Waals surface area contributed by atoms with Crippen molar-refractivity contribution in [1.82, 2.24) is 9.36 Å². The molecule has 0 fully saturated rings. The number of hydrogen-bond acceptors (Lipinski definition) is 5. The Morgan fingerprint density at radius 3 is 2.53 bits per heavy atom. The molecule has 3 rings (SSSR count). The molecule has 0 spiro atoms. The van der Waals surface area contributed by atoms with E-state index in [1.54, 1.807) is 49.0 Å². The number of benzene rings is 2. The number of carbonyl (C=O) groups excluding carboxylic acids is 1. The summed E-state index contributed by atoms with van der Waals surface area (Å²) in [7, 11) is 3.26. The van der Waals surface area contributed by atoms with Crippen molar-refractivity contribution < 1.29 is 14.3 Å². The van der Waals surface area contributed by atoms with E-state index in [-0.39, 0.29) is 16.8 Å². The fourth-order valence-corrected chi connectivity index (χ4v) is 3.26. The Bertz CT molecular complexity index is 1260. The van der Waals surface area contributed by atoms with E-state index in [1.807, 2.05) is 31.2 Å². The van der Waals surface area contributed by atoms with Crippen molar-refractivity contribution >= 4 is 17.7 Å². The number of aromatic nitrogens is 2. The van der Waals surface area contributed by atoms with Crippen LogP contribution in [0.1, 0.15) is 18.2 Å². The highest BCUT2D eigenvalue weighted by Gasteiger charge is 2.20. The van der Waals surface area contributed by atoms with E-state index in [0.717, 1.165) is 0 Å². The summed E-state index contributed by atoms with van der Waals surface area (Å²) < 4.78 is 13.9. The maximum absolute atomic E-state index is 13.0. The van der Waals surface area contributed by atoms with Crippen LogP contribution in [0, 0.1) is 18.3 Å². The van der Waals surface area contributed by atoms with Crippen molar-refractivity contribution in [1.29, 1.82) is 5.26 Å². The highest BCUT2D eigenvalue weighted by atomic mass is 16.5. The first-order valence-corrected chi connectivity index (χ1v) is 9.99. The Balaban J connectivity index is 1.94. The first kappa shape index (κ1) is 22.4. The standard InChI is InChI=1S/C24H24N4O4/c1-5-32-21-14-17(11-12-20(21)31-4)13-18(15-25)23(29)26-22-16(2)27(3)28(24(22)30)19-9-7-6-8-10-19/h6-14H,5H2,1-4H3,(H,26,29)/b18-13+. The number of methoxy groups -OCH3 is 1. The lowest BCUT2D eigenvalue weighted by molar-refractivity contribution is -0.112. The fraction of sp³-hybridized carbons (Fsp3) is 0.208. The number of hydrogen-bond donors (Lipinski definition) is 1. The topological polar surface area (TPSA) is 98.3 Å². The van der Waals surface area contributed by atoms with E-state index in [1.165, 1.54) is 17.9 Å². The highest BCUT2D eigenvalue weighted by Crippen LogP contribution is 2.29. The van der Waals surface area contributed by atoms with Crippen molar-refractivity contribution in [2.75, 3.05) is 19.0 Å². The van der Waals surface area contributed by atoms with Gasteiger partial charge in [-0.25, -0.2) is 4.68 Å². The van der Waals surface area contributed by atoms with Gasteiger partial charge in [-0.1, -0.05) is 24.3 Å². The molecule has 1 amide bonds. The smallest absolute Gasteiger partial charge is 0.295 e. The van der Waals surface area contributed by atoms with Gasteiger partial charge in [-0.2, -0.15) is 5.26 Å². The summed E-state index contributed by atoms with van der Waals surface area (Å²) in [5.74, 6) is 0.381. The molecule has 0 radical (unpaired) electrons. The van der Waals surface area contributed by atoms with E-state index >= 15 is 0 Å². The van der Waals surface area contributed by atoms with Crippen LogP contribution < -0.4 is 20.3 Å². The van der Waals surface area contributed by atoms with E-state index in [4.69, 9.17) is 9.47 Å². The summed E-state index contributed by atoms with van der Waals surface area (Å²) >= 11 is 0. The summed E-state index contributed by atoms with van der Waals surface area (Å²) in [5.41, 5.74) is 1.41. The molecule has 0 unspecified atom stereocenters. The molecule has 0 atom stereocenters. The maximum atomic E-state index is 13.0. The largest absolute Gasteiger partial charge is 0.493 e. The number of amides is 1. The van der Waals surface area contributed by atoms with Gasteiger partial charge in [-0.15, -0.1) is 0 Å². The lowest BCUT2D eigenvalue weighted by Gasteiger charge is -2.10. The van der Waals surface area contributed by atoms with Gasteiger partial charge < -0.3 is 14.8 Å². The summed E-state index contributed by atoms with van der Waals surface area (Å²) in [6.45, 7) is 4.01. The molecular weight excluding hydrogens is 408 g/mol. The second-order valence-electron chi connectivity index (χ2n) is 6.90. The lowest BCUT2D eigenvalue weighted by Crippen LogP contribution is -2.23. The third-order valence-corrected chi connectivity index (χ3v) is 4.96. The second-order valence-corrected chi connectivity index (χ2v) is 6.90. The van der Waals surface area contributed by atoms with Crippen LogP contribution in [-0.4, -0.2) is 29.0 Å². The van der Waals surface area contributed by atoms with E-state index in [9.17, 15) is 14.9 Å². The zero-order valence-corrected chi connectivity index (χ0v) is 18.4. The Kier molecular flexibility index (Phi) is 6.80. The van der Waals surface area contributed by atoms with E-state index < -0.39 is 5.91 Å². The first-order chi connectivity index (χ1) is 15.4. The van der Waals surface area contributed by atoms with Gasteiger partial charge in [-0.3, -0.25) is 14.3 Å². The molecule has 0 aliphatic carbocycles. The molecular formula is C24H24N4O4. The Hall–Kier alpha value is -4.25. The van der Waals surface area contributed by atoms with Crippen LogP contribution >= 0.6 is 0 Å². The van der Waals surface area contributed by atoms with Gasteiger partial charge in [0.2, 0.25) is 0 Å². The Morgan fingerprint density at radius 2 is 1.91 bits per heavy atom. The molecule has 32 heavy (non-hydrogen) atoms.